The van der Waals surface area contributed by atoms with Crippen molar-refractivity contribution in [1.29, 1.82) is 0 Å². The van der Waals surface area contributed by atoms with Crippen LogP contribution in [0.4, 0.5) is 5.69 Å². The molecule has 162 valence electrons. The van der Waals surface area contributed by atoms with E-state index in [0.29, 0.717) is 11.3 Å². The lowest BCUT2D eigenvalue weighted by molar-refractivity contribution is 0.0935. The number of benzene rings is 3. The SMILES string of the molecule is CCC(NC(=O)c1cccc(S(=O)(=O)N(C)c2ccc(C)cc2)c1)c1ccc(C)cc1. The quantitative estimate of drug-likeness (QED) is 0.566. The van der Waals surface area contributed by atoms with Crippen LogP contribution in [-0.2, 0) is 10.0 Å². The molecule has 1 N–H and O–H groups in total. The average molecular weight is 437 g/mol. The summed E-state index contributed by atoms with van der Waals surface area (Å²) in [4.78, 5) is 13.0. The van der Waals surface area contributed by atoms with E-state index in [9.17, 15) is 13.2 Å². The zero-order valence-electron chi connectivity index (χ0n) is 18.3. The van der Waals surface area contributed by atoms with E-state index in [1.807, 2.05) is 57.2 Å². The lowest BCUT2D eigenvalue weighted by Crippen LogP contribution is -2.29. The van der Waals surface area contributed by atoms with E-state index in [0.717, 1.165) is 23.1 Å². The highest BCUT2D eigenvalue weighted by atomic mass is 32.2. The van der Waals surface area contributed by atoms with Crippen molar-refractivity contribution in [3.8, 4) is 0 Å². The highest BCUT2D eigenvalue weighted by Crippen LogP contribution is 2.24. The van der Waals surface area contributed by atoms with Crippen LogP contribution in [0.1, 0.15) is 46.4 Å². The van der Waals surface area contributed by atoms with E-state index >= 15 is 0 Å². The van der Waals surface area contributed by atoms with Gasteiger partial charge >= 0.3 is 0 Å². The Kier molecular flexibility index (Phi) is 6.81. The molecule has 0 aromatic heterocycles. The van der Waals surface area contributed by atoms with Crippen LogP contribution in [0.3, 0.4) is 0 Å². The second kappa shape index (κ2) is 9.35. The van der Waals surface area contributed by atoms with Gasteiger partial charge in [-0.1, -0.05) is 60.5 Å². The summed E-state index contributed by atoms with van der Waals surface area (Å²) in [6.07, 6.45) is 0.725. The maximum atomic E-state index is 13.1. The third-order valence-corrected chi connectivity index (χ3v) is 7.13. The Labute approximate surface area is 184 Å². The fourth-order valence-corrected chi connectivity index (χ4v) is 4.55. The summed E-state index contributed by atoms with van der Waals surface area (Å²) in [5.41, 5.74) is 4.09. The number of nitrogens with one attached hydrogen (secondary N) is 1. The van der Waals surface area contributed by atoms with Crippen molar-refractivity contribution in [2.45, 2.75) is 38.1 Å². The molecular formula is C25H28N2O3S. The minimum Gasteiger partial charge on any atom is -0.345 e. The fraction of sp³-hybridized carbons (Fsp3) is 0.240. The zero-order chi connectivity index (χ0) is 22.6. The minimum absolute atomic E-state index is 0.0756. The van der Waals surface area contributed by atoms with E-state index in [1.54, 1.807) is 24.3 Å². The lowest BCUT2D eigenvalue weighted by Gasteiger charge is -2.21. The number of rotatable bonds is 7. The topological polar surface area (TPSA) is 66.5 Å². The second-order valence-electron chi connectivity index (χ2n) is 7.68. The van der Waals surface area contributed by atoms with Gasteiger partial charge in [-0.3, -0.25) is 9.10 Å². The van der Waals surface area contributed by atoms with Crippen LogP contribution in [-0.4, -0.2) is 21.4 Å². The van der Waals surface area contributed by atoms with Gasteiger partial charge in [-0.05, 0) is 56.2 Å². The van der Waals surface area contributed by atoms with Crippen molar-refractivity contribution in [2.24, 2.45) is 0 Å². The van der Waals surface area contributed by atoms with E-state index in [2.05, 4.69) is 5.32 Å². The van der Waals surface area contributed by atoms with E-state index < -0.39 is 10.0 Å². The molecular weight excluding hydrogens is 408 g/mol. The summed E-state index contributed by atoms with van der Waals surface area (Å²) in [5.74, 6) is -0.303. The van der Waals surface area contributed by atoms with Crippen LogP contribution in [0.5, 0.6) is 0 Å². The van der Waals surface area contributed by atoms with Gasteiger partial charge in [0.05, 0.1) is 16.6 Å². The fourth-order valence-electron chi connectivity index (χ4n) is 3.31. The maximum Gasteiger partial charge on any atom is 0.264 e. The van der Waals surface area contributed by atoms with Crippen LogP contribution < -0.4 is 9.62 Å². The molecule has 3 rings (SSSR count). The van der Waals surface area contributed by atoms with Crippen LogP contribution in [0.25, 0.3) is 0 Å². The number of amides is 1. The monoisotopic (exact) mass is 436 g/mol. The summed E-state index contributed by atoms with van der Waals surface area (Å²) in [7, 11) is -2.29. The number of carbonyl (C=O) groups is 1. The minimum atomic E-state index is -3.80. The molecule has 0 radical (unpaired) electrons. The second-order valence-corrected chi connectivity index (χ2v) is 9.65. The number of aryl methyl sites for hydroxylation is 2. The normalized spacial score (nSPS) is 12.3. The Morgan fingerprint density at radius 2 is 1.52 bits per heavy atom. The summed E-state index contributed by atoms with van der Waals surface area (Å²) in [5, 5.41) is 3.02. The molecule has 6 heteroatoms. The number of anilines is 1. The molecule has 0 spiro atoms. The first-order valence-electron chi connectivity index (χ1n) is 10.3. The predicted octanol–water partition coefficient (Wildman–Crippen LogP) is 5.01. The number of hydrogen-bond donors (Lipinski definition) is 1. The van der Waals surface area contributed by atoms with Gasteiger partial charge in [0.1, 0.15) is 0 Å². The number of hydrogen-bond acceptors (Lipinski definition) is 3. The van der Waals surface area contributed by atoms with E-state index in [4.69, 9.17) is 0 Å². The van der Waals surface area contributed by atoms with Gasteiger partial charge in [-0.2, -0.15) is 0 Å². The Morgan fingerprint density at radius 3 is 2.10 bits per heavy atom. The maximum absolute atomic E-state index is 13.1. The third-order valence-electron chi connectivity index (χ3n) is 5.35. The molecule has 0 fully saturated rings. The molecule has 0 aliphatic carbocycles. The zero-order valence-corrected chi connectivity index (χ0v) is 19.1. The Morgan fingerprint density at radius 1 is 0.935 bits per heavy atom. The van der Waals surface area contributed by atoms with E-state index in [1.165, 1.54) is 23.5 Å². The van der Waals surface area contributed by atoms with Crippen LogP contribution in [0.15, 0.2) is 77.7 Å². The van der Waals surface area contributed by atoms with E-state index in [-0.39, 0.29) is 16.8 Å². The Hall–Kier alpha value is -3.12. The molecule has 0 bridgehead atoms. The predicted molar refractivity (Wildman–Crippen MR) is 125 cm³/mol. The Balaban J connectivity index is 1.83. The molecule has 1 atom stereocenters. The lowest BCUT2D eigenvalue weighted by atomic mass is 10.0. The van der Waals surface area contributed by atoms with Gasteiger partial charge in [0.2, 0.25) is 0 Å². The molecule has 1 amide bonds. The smallest absolute Gasteiger partial charge is 0.264 e. The molecule has 0 heterocycles. The van der Waals surface area contributed by atoms with Gasteiger partial charge in [-0.15, -0.1) is 0 Å². The molecule has 0 aliphatic rings. The van der Waals surface area contributed by atoms with Gasteiger partial charge in [0, 0.05) is 12.6 Å². The van der Waals surface area contributed by atoms with Crippen molar-refractivity contribution in [2.75, 3.05) is 11.4 Å². The number of sulfonamides is 1. The first kappa shape index (κ1) is 22.6. The van der Waals surface area contributed by atoms with Crippen LogP contribution >= 0.6 is 0 Å². The summed E-state index contributed by atoms with van der Waals surface area (Å²) >= 11 is 0. The highest BCUT2D eigenvalue weighted by molar-refractivity contribution is 7.92. The molecule has 0 saturated heterocycles. The standard InChI is InChI=1S/C25H28N2O3S/c1-5-24(20-13-9-18(2)10-14-20)26-25(28)21-7-6-8-23(17-21)31(29,30)27(4)22-15-11-19(3)12-16-22/h6-17,24H,5H2,1-4H3,(H,26,28). The summed E-state index contributed by atoms with van der Waals surface area (Å²) < 4.78 is 27.5. The summed E-state index contributed by atoms with van der Waals surface area (Å²) in [6.45, 7) is 5.96. The molecule has 0 aliphatic heterocycles. The summed E-state index contributed by atoms with van der Waals surface area (Å²) in [6, 6.07) is 21.3. The van der Waals surface area contributed by atoms with Gasteiger partial charge in [0.15, 0.2) is 0 Å². The van der Waals surface area contributed by atoms with Crippen molar-refractivity contribution in [3.63, 3.8) is 0 Å². The molecule has 1 unspecified atom stereocenters. The van der Waals surface area contributed by atoms with Gasteiger partial charge < -0.3 is 5.32 Å². The van der Waals surface area contributed by atoms with Crippen molar-refractivity contribution < 1.29 is 13.2 Å². The van der Waals surface area contributed by atoms with Gasteiger partial charge in [0.25, 0.3) is 15.9 Å². The third kappa shape index (κ3) is 5.14. The molecule has 3 aromatic carbocycles. The molecule has 3 aromatic rings. The van der Waals surface area contributed by atoms with Gasteiger partial charge in [-0.25, -0.2) is 8.42 Å². The Bertz CT molecular complexity index is 1150. The molecule has 0 saturated carbocycles. The van der Waals surface area contributed by atoms with Crippen LogP contribution in [0, 0.1) is 13.8 Å². The highest BCUT2D eigenvalue weighted by Gasteiger charge is 2.23. The van der Waals surface area contributed by atoms with Crippen LogP contribution in [0.2, 0.25) is 0 Å². The first-order chi connectivity index (χ1) is 14.7. The molecule has 5 nitrogen and oxygen atoms in total. The first-order valence-corrected chi connectivity index (χ1v) is 11.7. The largest absolute Gasteiger partial charge is 0.345 e. The van der Waals surface area contributed by atoms with Crippen molar-refractivity contribution in [1.82, 2.24) is 5.32 Å². The molecule has 31 heavy (non-hydrogen) atoms. The average Bonchev–Trinajstić information content (AvgIpc) is 2.78. The number of carbonyl (C=O) groups excluding carboxylic acids is 1. The van der Waals surface area contributed by atoms with Crippen molar-refractivity contribution in [3.05, 3.63) is 95.1 Å². The van der Waals surface area contributed by atoms with Crippen molar-refractivity contribution >= 4 is 21.6 Å². The number of nitrogens with zero attached hydrogens (tertiary/aromatic N) is 1.